The van der Waals surface area contributed by atoms with Gasteiger partial charge in [-0.3, -0.25) is 4.79 Å². The summed E-state index contributed by atoms with van der Waals surface area (Å²) in [6.45, 7) is 8.60. The molecule has 1 aromatic carbocycles. The molecular weight excluding hydrogens is 342 g/mol. The molecule has 0 saturated carbocycles. The van der Waals surface area contributed by atoms with Gasteiger partial charge in [0.05, 0.1) is 4.90 Å². The molecule has 7 nitrogen and oxygen atoms in total. The number of piperazine rings is 1. The fourth-order valence-corrected chi connectivity index (χ4v) is 3.72. The van der Waals surface area contributed by atoms with Crippen molar-refractivity contribution >= 4 is 15.9 Å². The first-order valence-corrected chi connectivity index (χ1v) is 10.2. The molecule has 1 heterocycles. The number of ether oxygens (including phenoxy) is 1. The molecule has 0 bridgehead atoms. The van der Waals surface area contributed by atoms with Gasteiger partial charge < -0.3 is 14.5 Å². The van der Waals surface area contributed by atoms with Crippen molar-refractivity contribution in [2.45, 2.75) is 25.2 Å². The molecule has 0 unspecified atom stereocenters. The van der Waals surface area contributed by atoms with E-state index in [4.69, 9.17) is 4.74 Å². The molecule has 2 rings (SSSR count). The third kappa shape index (κ3) is 5.69. The highest BCUT2D eigenvalue weighted by Gasteiger charge is 2.20. The van der Waals surface area contributed by atoms with Crippen LogP contribution in [0.5, 0.6) is 5.75 Å². The molecule has 0 atom stereocenters. The van der Waals surface area contributed by atoms with E-state index in [0.717, 1.165) is 39.1 Å². The summed E-state index contributed by atoms with van der Waals surface area (Å²) in [6, 6.07) is 6.11. The largest absolute Gasteiger partial charge is 0.484 e. The van der Waals surface area contributed by atoms with Gasteiger partial charge in [0, 0.05) is 32.7 Å². The molecule has 1 N–H and O–H groups in total. The number of sulfonamides is 1. The number of carbonyl (C=O) groups is 1. The van der Waals surface area contributed by atoms with E-state index in [-0.39, 0.29) is 17.4 Å². The predicted molar refractivity (Wildman–Crippen MR) is 96.1 cm³/mol. The first kappa shape index (κ1) is 19.7. The summed E-state index contributed by atoms with van der Waals surface area (Å²) in [4.78, 5) is 16.5. The van der Waals surface area contributed by atoms with Crippen LogP contribution in [0.25, 0.3) is 0 Å². The highest BCUT2D eigenvalue weighted by atomic mass is 32.2. The van der Waals surface area contributed by atoms with Crippen LogP contribution in [0.2, 0.25) is 0 Å². The lowest BCUT2D eigenvalue weighted by Gasteiger charge is -2.33. The fraction of sp³-hybridized carbons (Fsp3) is 0.588. The van der Waals surface area contributed by atoms with Crippen molar-refractivity contribution in [1.29, 1.82) is 0 Å². The Balaban J connectivity index is 1.84. The van der Waals surface area contributed by atoms with Gasteiger partial charge in [-0.15, -0.1) is 0 Å². The SMILES string of the molecule is CCCNS(=O)(=O)c1ccc(OCC(=O)N2CCN(CC)CC2)cc1. The van der Waals surface area contributed by atoms with Crippen molar-refractivity contribution < 1.29 is 17.9 Å². The second kappa shape index (κ2) is 9.17. The molecule has 1 saturated heterocycles. The fourth-order valence-electron chi connectivity index (χ4n) is 2.58. The molecule has 25 heavy (non-hydrogen) atoms. The number of nitrogens with one attached hydrogen (secondary N) is 1. The maximum absolute atomic E-state index is 12.2. The van der Waals surface area contributed by atoms with Crippen LogP contribution in [-0.4, -0.2) is 70.0 Å². The standard InChI is InChI=1S/C17H27N3O4S/c1-3-9-18-25(22,23)16-7-5-15(6-8-16)24-14-17(21)20-12-10-19(4-2)11-13-20/h5-8,18H,3-4,9-14H2,1-2H3. The summed E-state index contributed by atoms with van der Waals surface area (Å²) < 4.78 is 32.0. The molecule has 1 aliphatic rings. The molecule has 0 aromatic heterocycles. The lowest BCUT2D eigenvalue weighted by Crippen LogP contribution is -2.49. The molecule has 0 radical (unpaired) electrons. The normalized spacial score (nSPS) is 16.0. The zero-order valence-corrected chi connectivity index (χ0v) is 15.7. The van der Waals surface area contributed by atoms with Crippen LogP contribution in [0.3, 0.4) is 0 Å². The van der Waals surface area contributed by atoms with E-state index < -0.39 is 10.0 Å². The van der Waals surface area contributed by atoms with E-state index in [2.05, 4.69) is 16.5 Å². The van der Waals surface area contributed by atoms with Crippen LogP contribution >= 0.6 is 0 Å². The highest BCUT2D eigenvalue weighted by molar-refractivity contribution is 7.89. The van der Waals surface area contributed by atoms with Crippen LogP contribution in [0.15, 0.2) is 29.2 Å². The summed E-state index contributed by atoms with van der Waals surface area (Å²) in [7, 11) is -3.48. The zero-order chi connectivity index (χ0) is 18.3. The Morgan fingerprint density at radius 2 is 1.76 bits per heavy atom. The van der Waals surface area contributed by atoms with E-state index in [9.17, 15) is 13.2 Å². The van der Waals surface area contributed by atoms with Gasteiger partial charge in [0.15, 0.2) is 6.61 Å². The number of rotatable bonds is 8. The summed E-state index contributed by atoms with van der Waals surface area (Å²) in [5.41, 5.74) is 0. The van der Waals surface area contributed by atoms with Crippen LogP contribution in [0, 0.1) is 0 Å². The van der Waals surface area contributed by atoms with E-state index in [1.807, 2.05) is 6.92 Å². The number of benzene rings is 1. The Labute approximate surface area is 150 Å². The Morgan fingerprint density at radius 3 is 2.32 bits per heavy atom. The van der Waals surface area contributed by atoms with Crippen molar-refractivity contribution in [3.05, 3.63) is 24.3 Å². The van der Waals surface area contributed by atoms with Crippen molar-refractivity contribution in [3.8, 4) is 5.75 Å². The zero-order valence-electron chi connectivity index (χ0n) is 14.9. The summed E-state index contributed by atoms with van der Waals surface area (Å²) in [5, 5.41) is 0. The number of amides is 1. The Kier molecular flexibility index (Phi) is 7.22. The van der Waals surface area contributed by atoms with Crippen molar-refractivity contribution in [2.75, 3.05) is 45.9 Å². The van der Waals surface area contributed by atoms with Crippen LogP contribution in [0.1, 0.15) is 20.3 Å². The van der Waals surface area contributed by atoms with Crippen LogP contribution in [-0.2, 0) is 14.8 Å². The predicted octanol–water partition coefficient (Wildman–Crippen LogP) is 0.918. The second-order valence-corrected chi connectivity index (χ2v) is 7.74. The lowest BCUT2D eigenvalue weighted by molar-refractivity contribution is -0.135. The minimum absolute atomic E-state index is 0.0354. The minimum atomic E-state index is -3.48. The van der Waals surface area contributed by atoms with E-state index in [0.29, 0.717) is 12.3 Å². The average Bonchev–Trinajstić information content (AvgIpc) is 2.65. The highest BCUT2D eigenvalue weighted by Crippen LogP contribution is 2.16. The number of nitrogens with zero attached hydrogens (tertiary/aromatic N) is 2. The molecule has 1 amide bonds. The van der Waals surface area contributed by atoms with E-state index in [1.165, 1.54) is 12.1 Å². The number of likely N-dealkylation sites (N-methyl/N-ethyl adjacent to an activating group) is 1. The quantitative estimate of drug-likeness (QED) is 0.737. The molecular formula is C17H27N3O4S. The molecule has 8 heteroatoms. The van der Waals surface area contributed by atoms with Gasteiger partial charge >= 0.3 is 0 Å². The van der Waals surface area contributed by atoms with Crippen molar-refractivity contribution in [3.63, 3.8) is 0 Å². The topological polar surface area (TPSA) is 78.9 Å². The van der Waals surface area contributed by atoms with Gasteiger partial charge in [-0.05, 0) is 37.2 Å². The average molecular weight is 369 g/mol. The molecule has 1 aliphatic heterocycles. The molecule has 0 spiro atoms. The molecule has 1 fully saturated rings. The van der Waals surface area contributed by atoms with Gasteiger partial charge in [-0.25, -0.2) is 13.1 Å². The van der Waals surface area contributed by atoms with Crippen molar-refractivity contribution in [1.82, 2.24) is 14.5 Å². The summed E-state index contributed by atoms with van der Waals surface area (Å²) >= 11 is 0. The summed E-state index contributed by atoms with van der Waals surface area (Å²) in [5.74, 6) is 0.437. The first-order valence-electron chi connectivity index (χ1n) is 8.69. The molecule has 140 valence electrons. The monoisotopic (exact) mass is 369 g/mol. The number of hydrogen-bond acceptors (Lipinski definition) is 5. The maximum atomic E-state index is 12.2. The lowest BCUT2D eigenvalue weighted by atomic mass is 10.3. The third-order valence-electron chi connectivity index (χ3n) is 4.21. The molecule has 1 aromatic rings. The summed E-state index contributed by atoms with van der Waals surface area (Å²) in [6.07, 6.45) is 0.731. The number of carbonyl (C=O) groups excluding carboxylic acids is 1. The van der Waals surface area contributed by atoms with Crippen LogP contribution in [0.4, 0.5) is 0 Å². The van der Waals surface area contributed by atoms with Gasteiger partial charge in [-0.1, -0.05) is 13.8 Å². The number of hydrogen-bond donors (Lipinski definition) is 1. The van der Waals surface area contributed by atoms with E-state index in [1.54, 1.807) is 17.0 Å². The van der Waals surface area contributed by atoms with Gasteiger partial charge in [0.1, 0.15) is 5.75 Å². The molecule has 0 aliphatic carbocycles. The van der Waals surface area contributed by atoms with Crippen molar-refractivity contribution in [2.24, 2.45) is 0 Å². The Bertz CT molecular complexity index is 653. The second-order valence-electron chi connectivity index (χ2n) is 5.97. The van der Waals surface area contributed by atoms with Gasteiger partial charge in [0.25, 0.3) is 5.91 Å². The third-order valence-corrected chi connectivity index (χ3v) is 5.69. The minimum Gasteiger partial charge on any atom is -0.484 e. The van der Waals surface area contributed by atoms with E-state index >= 15 is 0 Å². The van der Waals surface area contributed by atoms with Gasteiger partial charge in [-0.2, -0.15) is 0 Å². The Morgan fingerprint density at radius 1 is 1.12 bits per heavy atom. The Hall–Kier alpha value is -1.64. The van der Waals surface area contributed by atoms with Gasteiger partial charge in [0.2, 0.25) is 10.0 Å². The smallest absolute Gasteiger partial charge is 0.260 e. The first-order chi connectivity index (χ1) is 12.0. The maximum Gasteiger partial charge on any atom is 0.260 e. The van der Waals surface area contributed by atoms with Crippen LogP contribution < -0.4 is 9.46 Å².